The van der Waals surface area contributed by atoms with Gasteiger partial charge in [0.2, 0.25) is 17.6 Å². The standard InChI is InChI=1S/C31H37F3N4O5/c1-6-7-13-23(26(39)27(40)35-19(2)20-11-9-8-10-12-20)38(29(41)42)24(30(3,4)5)18-25-36-37-28(43-25)21-14-16-22(17-15-21)31(32,33)34/h8-12,14-17,19,23-24H,6-7,13,18H2,1-5H3,(H,35,40)(H,41,42)/t19-,23+,24+/m1/s1. The van der Waals surface area contributed by atoms with Gasteiger partial charge in [-0.05, 0) is 48.6 Å². The number of halogens is 3. The second-order valence-corrected chi connectivity index (χ2v) is 11.5. The number of amides is 2. The number of carbonyl (C=O) groups excluding carboxylic acids is 2. The predicted octanol–water partition coefficient (Wildman–Crippen LogP) is 6.70. The predicted molar refractivity (Wildman–Crippen MR) is 153 cm³/mol. The fourth-order valence-corrected chi connectivity index (χ4v) is 4.76. The van der Waals surface area contributed by atoms with E-state index in [1.54, 1.807) is 27.7 Å². The minimum absolute atomic E-state index is 0.0323. The third-order valence-corrected chi connectivity index (χ3v) is 7.19. The molecule has 0 aliphatic heterocycles. The molecule has 9 nitrogen and oxygen atoms in total. The number of nitrogens with zero attached hydrogens (tertiary/aromatic N) is 3. The number of Topliss-reactive ketones (excluding diaryl/α,β-unsaturated/α-hetero) is 1. The molecule has 0 radical (unpaired) electrons. The molecule has 2 aromatic carbocycles. The third kappa shape index (κ3) is 8.65. The van der Waals surface area contributed by atoms with Crippen LogP contribution >= 0.6 is 0 Å². The molecule has 1 heterocycles. The summed E-state index contributed by atoms with van der Waals surface area (Å²) in [6.07, 6.45) is -4.69. The van der Waals surface area contributed by atoms with Crippen LogP contribution in [0.25, 0.3) is 11.5 Å². The van der Waals surface area contributed by atoms with Crippen LogP contribution in [0, 0.1) is 5.41 Å². The van der Waals surface area contributed by atoms with Crippen LogP contribution < -0.4 is 5.32 Å². The van der Waals surface area contributed by atoms with E-state index in [2.05, 4.69) is 15.5 Å². The average molecular weight is 603 g/mol. The van der Waals surface area contributed by atoms with E-state index in [9.17, 15) is 32.7 Å². The molecule has 0 saturated heterocycles. The number of nitrogens with one attached hydrogen (secondary N) is 1. The van der Waals surface area contributed by atoms with Crippen molar-refractivity contribution in [3.05, 3.63) is 71.6 Å². The number of benzene rings is 2. The topological polar surface area (TPSA) is 126 Å². The van der Waals surface area contributed by atoms with Crippen molar-refractivity contribution in [1.29, 1.82) is 0 Å². The molecular formula is C31H37F3N4O5. The summed E-state index contributed by atoms with van der Waals surface area (Å²) in [4.78, 5) is 40.5. The number of carboxylic acid groups (broad SMARTS) is 1. The number of aromatic nitrogens is 2. The Kier molecular flexibility index (Phi) is 10.7. The maximum atomic E-state index is 13.6. The van der Waals surface area contributed by atoms with Gasteiger partial charge >= 0.3 is 12.3 Å². The minimum atomic E-state index is -4.50. The van der Waals surface area contributed by atoms with E-state index in [1.165, 1.54) is 12.1 Å². The van der Waals surface area contributed by atoms with Crippen molar-refractivity contribution < 1.29 is 37.1 Å². The molecule has 0 bridgehead atoms. The molecule has 0 fully saturated rings. The molecule has 0 aliphatic rings. The van der Waals surface area contributed by atoms with E-state index in [-0.39, 0.29) is 30.2 Å². The maximum Gasteiger partial charge on any atom is 0.416 e. The van der Waals surface area contributed by atoms with E-state index in [0.717, 1.165) is 22.6 Å². The van der Waals surface area contributed by atoms with Gasteiger partial charge in [-0.2, -0.15) is 13.2 Å². The van der Waals surface area contributed by atoms with Crippen LogP contribution in [0.2, 0.25) is 0 Å². The van der Waals surface area contributed by atoms with Crippen LogP contribution in [0.15, 0.2) is 59.0 Å². The summed E-state index contributed by atoms with van der Waals surface area (Å²) in [6, 6.07) is 10.7. The van der Waals surface area contributed by atoms with Crippen molar-refractivity contribution in [2.75, 3.05) is 0 Å². The zero-order valence-corrected chi connectivity index (χ0v) is 24.8. The molecule has 43 heavy (non-hydrogen) atoms. The van der Waals surface area contributed by atoms with E-state index in [4.69, 9.17) is 4.42 Å². The molecule has 232 valence electrons. The molecule has 1 aromatic heterocycles. The van der Waals surface area contributed by atoms with Crippen LogP contribution in [0.1, 0.15) is 76.9 Å². The zero-order chi connectivity index (χ0) is 31.9. The van der Waals surface area contributed by atoms with Gasteiger partial charge in [-0.15, -0.1) is 10.2 Å². The van der Waals surface area contributed by atoms with Gasteiger partial charge in [0.15, 0.2) is 0 Å². The summed E-state index contributed by atoms with van der Waals surface area (Å²) in [6.45, 7) is 9.00. The first-order valence-electron chi connectivity index (χ1n) is 14.0. The quantitative estimate of drug-likeness (QED) is 0.221. The van der Waals surface area contributed by atoms with Gasteiger partial charge in [-0.3, -0.25) is 14.5 Å². The lowest BCUT2D eigenvalue weighted by Gasteiger charge is -2.41. The Labute approximate surface area is 248 Å². The minimum Gasteiger partial charge on any atom is -0.465 e. The first-order chi connectivity index (χ1) is 20.1. The average Bonchev–Trinajstić information content (AvgIpc) is 3.42. The molecule has 0 saturated carbocycles. The smallest absolute Gasteiger partial charge is 0.416 e. The molecule has 3 rings (SSSR count). The van der Waals surface area contributed by atoms with Crippen molar-refractivity contribution >= 4 is 17.8 Å². The van der Waals surface area contributed by atoms with Crippen LogP contribution in [-0.4, -0.2) is 50.1 Å². The summed E-state index contributed by atoms with van der Waals surface area (Å²) in [5, 5.41) is 21.0. The lowest BCUT2D eigenvalue weighted by molar-refractivity contribution is -0.142. The summed E-state index contributed by atoms with van der Waals surface area (Å²) in [5.74, 6) is -1.77. The van der Waals surface area contributed by atoms with Gasteiger partial charge in [0.05, 0.1) is 11.6 Å². The Bertz CT molecular complexity index is 1380. The highest BCUT2D eigenvalue weighted by Crippen LogP contribution is 2.33. The number of unbranched alkanes of at least 4 members (excludes halogenated alkanes) is 1. The third-order valence-electron chi connectivity index (χ3n) is 7.19. The first kappa shape index (κ1) is 33.3. The number of rotatable bonds is 12. The number of ketones is 1. The Balaban J connectivity index is 1.90. The summed E-state index contributed by atoms with van der Waals surface area (Å²) in [5.41, 5.74) is -0.531. The van der Waals surface area contributed by atoms with E-state index >= 15 is 0 Å². The van der Waals surface area contributed by atoms with E-state index < -0.39 is 53.1 Å². The highest BCUT2D eigenvalue weighted by Gasteiger charge is 2.43. The zero-order valence-electron chi connectivity index (χ0n) is 24.8. The van der Waals surface area contributed by atoms with Crippen LogP contribution in [0.4, 0.5) is 18.0 Å². The Morgan fingerprint density at radius 3 is 2.16 bits per heavy atom. The van der Waals surface area contributed by atoms with Gasteiger partial charge in [-0.25, -0.2) is 4.79 Å². The number of carbonyl (C=O) groups is 3. The molecule has 0 unspecified atom stereocenters. The molecule has 2 amide bonds. The van der Waals surface area contributed by atoms with Crippen molar-refractivity contribution in [3.63, 3.8) is 0 Å². The van der Waals surface area contributed by atoms with Crippen molar-refractivity contribution in [1.82, 2.24) is 20.4 Å². The maximum absolute atomic E-state index is 13.6. The monoisotopic (exact) mass is 602 g/mol. The fraction of sp³-hybridized carbons (Fsp3) is 0.452. The molecular weight excluding hydrogens is 565 g/mol. The van der Waals surface area contributed by atoms with Gasteiger partial charge < -0.3 is 14.8 Å². The molecule has 3 aromatic rings. The molecule has 0 spiro atoms. The van der Waals surface area contributed by atoms with Gasteiger partial charge in [-0.1, -0.05) is 70.9 Å². The summed E-state index contributed by atoms with van der Waals surface area (Å²) in [7, 11) is 0. The van der Waals surface area contributed by atoms with Crippen molar-refractivity contribution in [2.24, 2.45) is 5.41 Å². The normalized spacial score (nSPS) is 14.0. The SMILES string of the molecule is CCCC[C@@H](C(=O)C(=O)N[C@H](C)c1ccccc1)N(C(=O)O)[C@@H](Cc1nnc(-c2ccc(C(F)(F)F)cc2)o1)C(C)(C)C. The van der Waals surface area contributed by atoms with Gasteiger partial charge in [0.25, 0.3) is 5.91 Å². The Morgan fingerprint density at radius 2 is 1.63 bits per heavy atom. The summed E-state index contributed by atoms with van der Waals surface area (Å²) < 4.78 is 44.6. The van der Waals surface area contributed by atoms with E-state index in [1.807, 2.05) is 37.3 Å². The van der Waals surface area contributed by atoms with Crippen molar-refractivity contribution in [3.8, 4) is 11.5 Å². The number of hydrogen-bond acceptors (Lipinski definition) is 6. The van der Waals surface area contributed by atoms with Crippen LogP contribution in [0.5, 0.6) is 0 Å². The lowest BCUT2D eigenvalue weighted by atomic mass is 9.82. The van der Waals surface area contributed by atoms with Gasteiger partial charge in [0.1, 0.15) is 6.04 Å². The Hall–Kier alpha value is -4.22. The highest BCUT2D eigenvalue weighted by molar-refractivity contribution is 6.38. The molecule has 3 atom stereocenters. The van der Waals surface area contributed by atoms with Crippen molar-refractivity contribution in [2.45, 2.75) is 84.6 Å². The molecule has 2 N–H and O–H groups in total. The van der Waals surface area contributed by atoms with Crippen LogP contribution in [-0.2, 0) is 22.2 Å². The van der Waals surface area contributed by atoms with E-state index in [0.29, 0.717) is 12.8 Å². The second-order valence-electron chi connectivity index (χ2n) is 11.5. The number of hydrogen-bond donors (Lipinski definition) is 2. The molecule has 0 aliphatic carbocycles. The fourth-order valence-electron chi connectivity index (χ4n) is 4.76. The summed E-state index contributed by atoms with van der Waals surface area (Å²) >= 11 is 0. The van der Waals surface area contributed by atoms with Gasteiger partial charge in [0, 0.05) is 18.0 Å². The largest absolute Gasteiger partial charge is 0.465 e. The van der Waals surface area contributed by atoms with Crippen LogP contribution in [0.3, 0.4) is 0 Å². The Morgan fingerprint density at radius 1 is 1.00 bits per heavy atom. The number of alkyl halides is 3. The molecule has 12 heteroatoms. The highest BCUT2D eigenvalue weighted by atomic mass is 19.4. The lowest BCUT2D eigenvalue weighted by Crippen LogP contribution is -2.58. The second kappa shape index (κ2) is 13.8. The first-order valence-corrected chi connectivity index (χ1v) is 14.0.